The Morgan fingerprint density at radius 1 is 1.00 bits per heavy atom. The Labute approximate surface area is 284 Å². The largest absolute Gasteiger partial charge is 0.378 e. The molecule has 14 heteroatoms. The smallest absolute Gasteiger partial charge is 0.251 e. The van der Waals surface area contributed by atoms with Crippen LogP contribution in [0.2, 0.25) is 5.28 Å². The van der Waals surface area contributed by atoms with E-state index >= 15 is 0 Å². The fourth-order valence-corrected chi connectivity index (χ4v) is 6.23. The van der Waals surface area contributed by atoms with Gasteiger partial charge >= 0.3 is 0 Å². The number of H-pyrrole nitrogens is 1. The number of nitrogens with two attached hydrogens (primary N) is 2. The molecule has 2 aromatic carbocycles. The van der Waals surface area contributed by atoms with E-state index in [-0.39, 0.29) is 35.9 Å². The lowest BCUT2D eigenvalue weighted by atomic mass is 9.81. The van der Waals surface area contributed by atoms with Crippen LogP contribution in [0.3, 0.4) is 0 Å². The highest BCUT2D eigenvalue weighted by Gasteiger charge is 2.35. The third-order valence-corrected chi connectivity index (χ3v) is 8.95. The van der Waals surface area contributed by atoms with Crippen molar-refractivity contribution in [1.29, 1.82) is 0 Å². The first-order chi connectivity index (χ1) is 22.4. The summed E-state index contributed by atoms with van der Waals surface area (Å²) < 4.78 is 5.42. The van der Waals surface area contributed by atoms with Crippen molar-refractivity contribution in [3.05, 3.63) is 71.8 Å². The summed E-state index contributed by atoms with van der Waals surface area (Å²) >= 11 is 5.90. The number of benzene rings is 2. The number of aromatic nitrogens is 5. The molecule has 0 bridgehead atoms. The fraction of sp³-hybridized carbons (Fsp3) is 0.394. The predicted octanol–water partition coefficient (Wildman–Crippen LogP) is 4.04. The molecule has 1 saturated carbocycles. The summed E-state index contributed by atoms with van der Waals surface area (Å²) in [5, 5.41) is 6.87. The molecule has 2 amide bonds. The van der Waals surface area contributed by atoms with E-state index in [0.717, 1.165) is 42.6 Å². The zero-order valence-electron chi connectivity index (χ0n) is 25.9. The lowest BCUT2D eigenvalue weighted by Crippen LogP contribution is -2.50. The normalized spacial score (nSPS) is 18.7. The fourth-order valence-electron chi connectivity index (χ4n) is 6.10. The number of halogens is 2. The van der Waals surface area contributed by atoms with E-state index in [9.17, 15) is 9.59 Å². The van der Waals surface area contributed by atoms with E-state index in [1.165, 1.54) is 4.90 Å². The van der Waals surface area contributed by atoms with Gasteiger partial charge in [-0.05, 0) is 91.6 Å². The van der Waals surface area contributed by atoms with Gasteiger partial charge in [0.1, 0.15) is 0 Å². The van der Waals surface area contributed by atoms with Crippen molar-refractivity contribution < 1.29 is 14.3 Å². The lowest BCUT2D eigenvalue weighted by Gasteiger charge is -2.32. The zero-order chi connectivity index (χ0) is 32.0. The first-order valence-corrected chi connectivity index (χ1v) is 16.0. The molecule has 6 rings (SSSR count). The summed E-state index contributed by atoms with van der Waals surface area (Å²) in [5.74, 6) is 0.512. The van der Waals surface area contributed by atoms with Crippen LogP contribution >= 0.6 is 24.0 Å². The molecule has 1 aliphatic heterocycles. The van der Waals surface area contributed by atoms with Gasteiger partial charge < -0.3 is 21.1 Å². The molecule has 0 spiro atoms. The number of carbonyl (C=O) groups excluding carboxylic acids is 2. The van der Waals surface area contributed by atoms with Gasteiger partial charge in [-0.1, -0.05) is 24.3 Å². The molecule has 4 aromatic rings. The molecule has 0 radical (unpaired) electrons. The van der Waals surface area contributed by atoms with Crippen LogP contribution in [0.1, 0.15) is 31.2 Å². The van der Waals surface area contributed by atoms with Crippen LogP contribution in [0.25, 0.3) is 22.5 Å². The third kappa shape index (κ3) is 8.14. The number of nitrogens with one attached hydrogen (secondary N) is 1. The quantitative estimate of drug-likeness (QED) is 0.235. The highest BCUT2D eigenvalue weighted by molar-refractivity contribution is 6.28. The highest BCUT2D eigenvalue weighted by atomic mass is 35.5. The van der Waals surface area contributed by atoms with Gasteiger partial charge in [-0.2, -0.15) is 10.1 Å². The van der Waals surface area contributed by atoms with Crippen molar-refractivity contribution in [3.63, 3.8) is 0 Å². The van der Waals surface area contributed by atoms with Gasteiger partial charge in [0.15, 0.2) is 5.82 Å². The second-order valence-corrected chi connectivity index (χ2v) is 12.2. The van der Waals surface area contributed by atoms with Crippen molar-refractivity contribution >= 4 is 47.5 Å². The first-order valence-electron chi connectivity index (χ1n) is 15.7. The van der Waals surface area contributed by atoms with Gasteiger partial charge in [0.05, 0.1) is 24.9 Å². The molecule has 12 nitrogen and oxygen atoms in total. The van der Waals surface area contributed by atoms with Crippen molar-refractivity contribution in [2.24, 2.45) is 23.3 Å². The maximum absolute atomic E-state index is 14.0. The monoisotopic (exact) mass is 679 g/mol. The van der Waals surface area contributed by atoms with E-state index in [1.54, 1.807) is 36.7 Å². The zero-order valence-corrected chi connectivity index (χ0v) is 27.5. The molecule has 1 saturated heterocycles. The average molecular weight is 681 g/mol. The Hall–Kier alpha value is -3.94. The first kappa shape index (κ1) is 34.4. The molecule has 2 fully saturated rings. The number of carbonyl (C=O) groups is 2. The van der Waals surface area contributed by atoms with E-state index in [2.05, 4.69) is 30.0 Å². The number of aromatic amines is 1. The number of imide groups is 1. The summed E-state index contributed by atoms with van der Waals surface area (Å²) in [4.78, 5) is 44.7. The number of morpholine rings is 1. The summed E-state index contributed by atoms with van der Waals surface area (Å²) in [6, 6.07) is 13.8. The molecule has 3 heterocycles. The van der Waals surface area contributed by atoms with Gasteiger partial charge in [-0.3, -0.25) is 9.59 Å². The van der Waals surface area contributed by atoms with E-state index in [1.807, 2.05) is 24.3 Å². The summed E-state index contributed by atoms with van der Waals surface area (Å²) in [6.07, 6.45) is 6.93. The molecule has 47 heavy (non-hydrogen) atoms. The van der Waals surface area contributed by atoms with Crippen molar-refractivity contribution in [2.45, 2.75) is 38.1 Å². The Balaban J connectivity index is 0.00000433. The van der Waals surface area contributed by atoms with E-state index in [4.69, 9.17) is 27.8 Å². The van der Waals surface area contributed by atoms with Crippen molar-refractivity contribution in [3.8, 4) is 22.5 Å². The number of ether oxygens (including phenoxy) is 1. The molecular weight excluding hydrogens is 641 g/mol. The molecule has 2 aliphatic rings. The van der Waals surface area contributed by atoms with Gasteiger partial charge in [-0.25, -0.2) is 20.0 Å². The number of nitrogens with zero attached hydrogens (tertiary/aromatic N) is 6. The SMILES string of the molecule is Cl.NCC1CCC(C(=O)N(C(=O)[C@@H](N)Cc2cccc(-c3cnc(N4CCOCC4)nc3)c2)c2ccc(-c3n[nH]c(Cl)n3)cc2)CC1. The maximum atomic E-state index is 14.0. The minimum Gasteiger partial charge on any atom is -0.378 e. The second-order valence-electron chi connectivity index (χ2n) is 11.8. The van der Waals surface area contributed by atoms with Gasteiger partial charge in [0.25, 0.3) is 5.91 Å². The van der Waals surface area contributed by atoms with E-state index < -0.39 is 11.9 Å². The number of hydrogen-bond acceptors (Lipinski definition) is 10. The standard InChI is InChI=1S/C33H38ClN9O3.ClH/c34-32-39-29(40-41-32)23-8-10-27(11-9-23)43(30(44)24-6-4-21(18-35)5-7-24)31(45)28(36)17-22-2-1-3-25(16-22)26-19-37-33(38-20-26)42-12-14-46-15-13-42;/h1-3,8-11,16,19-21,24,28H,4-7,12-15,17-18,35-36H2,(H,39,40,41);1H/t21?,24?,28-;/m0./s1. The molecule has 248 valence electrons. The van der Waals surface area contributed by atoms with Crippen LogP contribution in [-0.4, -0.2) is 75.9 Å². The molecule has 5 N–H and O–H groups in total. The van der Waals surface area contributed by atoms with Crippen LogP contribution in [0, 0.1) is 11.8 Å². The molecule has 2 aromatic heterocycles. The Morgan fingerprint density at radius 3 is 2.34 bits per heavy atom. The molecule has 1 aliphatic carbocycles. The minimum atomic E-state index is -0.953. The van der Waals surface area contributed by atoms with Gasteiger partial charge in [0.2, 0.25) is 17.1 Å². The second kappa shape index (κ2) is 15.8. The number of anilines is 2. The van der Waals surface area contributed by atoms with Gasteiger partial charge in [-0.15, -0.1) is 12.4 Å². The predicted molar refractivity (Wildman–Crippen MR) is 183 cm³/mol. The maximum Gasteiger partial charge on any atom is 0.251 e. The van der Waals surface area contributed by atoms with Crippen molar-refractivity contribution in [1.82, 2.24) is 25.1 Å². The number of amides is 2. The van der Waals surface area contributed by atoms with E-state index in [0.29, 0.717) is 61.5 Å². The Morgan fingerprint density at radius 2 is 1.70 bits per heavy atom. The Bertz CT molecular complexity index is 1640. The third-order valence-electron chi connectivity index (χ3n) is 8.78. The van der Waals surface area contributed by atoms with Crippen LogP contribution < -0.4 is 21.3 Å². The summed E-state index contributed by atoms with van der Waals surface area (Å²) in [5.41, 5.74) is 16.2. The number of rotatable bonds is 9. The molecular formula is C33H39Cl2N9O3. The van der Waals surface area contributed by atoms with Crippen LogP contribution in [0.15, 0.2) is 60.9 Å². The van der Waals surface area contributed by atoms with Crippen molar-refractivity contribution in [2.75, 3.05) is 42.6 Å². The van der Waals surface area contributed by atoms with Crippen LogP contribution in [0.4, 0.5) is 11.6 Å². The lowest BCUT2D eigenvalue weighted by molar-refractivity contribution is -0.130. The highest BCUT2D eigenvalue weighted by Crippen LogP contribution is 2.32. The van der Waals surface area contributed by atoms with Gasteiger partial charge in [0, 0.05) is 42.5 Å². The Kier molecular flexibility index (Phi) is 11.5. The summed E-state index contributed by atoms with van der Waals surface area (Å²) in [6.45, 7) is 3.44. The summed E-state index contributed by atoms with van der Waals surface area (Å²) in [7, 11) is 0. The van der Waals surface area contributed by atoms with Crippen LogP contribution in [-0.2, 0) is 20.7 Å². The topological polar surface area (TPSA) is 169 Å². The molecule has 0 unspecified atom stereocenters. The number of hydrogen-bond donors (Lipinski definition) is 3. The molecule has 1 atom stereocenters. The van der Waals surface area contributed by atoms with Crippen LogP contribution in [0.5, 0.6) is 0 Å². The average Bonchev–Trinajstić information content (AvgIpc) is 3.55. The minimum absolute atomic E-state index is 0.